The van der Waals surface area contributed by atoms with Crippen LogP contribution < -0.4 is 0 Å². The molecule has 100 valence electrons. The maximum Gasteiger partial charge on any atom is 0.0346 e. The Bertz CT molecular complexity index is 683. The quantitative estimate of drug-likeness (QED) is 0.809. The number of hydrogen-bond acceptors (Lipinski definition) is 2. The molecular formula is C18H18N2. The van der Waals surface area contributed by atoms with E-state index in [2.05, 4.69) is 54.2 Å². The lowest BCUT2D eigenvalue weighted by molar-refractivity contribution is 0.847. The first-order valence-electron chi connectivity index (χ1n) is 6.94. The molecule has 1 atom stereocenters. The normalized spacial score (nSPS) is 17.9. The van der Waals surface area contributed by atoms with Crippen LogP contribution >= 0.6 is 0 Å². The summed E-state index contributed by atoms with van der Waals surface area (Å²) in [5.74, 6) is 0.434. The van der Waals surface area contributed by atoms with Crippen LogP contribution in [0, 0.1) is 13.8 Å². The second-order valence-electron chi connectivity index (χ2n) is 5.41. The van der Waals surface area contributed by atoms with Crippen molar-refractivity contribution in [3.8, 4) is 0 Å². The van der Waals surface area contributed by atoms with Crippen LogP contribution in [0.2, 0.25) is 0 Å². The van der Waals surface area contributed by atoms with Crippen molar-refractivity contribution in [1.29, 1.82) is 0 Å². The maximum absolute atomic E-state index is 4.28. The van der Waals surface area contributed by atoms with Crippen LogP contribution in [0.5, 0.6) is 0 Å². The van der Waals surface area contributed by atoms with Gasteiger partial charge in [0.25, 0.3) is 0 Å². The summed E-state index contributed by atoms with van der Waals surface area (Å²) >= 11 is 0. The van der Waals surface area contributed by atoms with Crippen LogP contribution in [-0.4, -0.2) is 9.97 Å². The molecule has 2 aromatic heterocycles. The summed E-state index contributed by atoms with van der Waals surface area (Å²) in [4.78, 5) is 8.55. The molecule has 0 saturated carbocycles. The van der Waals surface area contributed by atoms with E-state index in [4.69, 9.17) is 0 Å². The zero-order valence-electron chi connectivity index (χ0n) is 11.9. The third-order valence-corrected chi connectivity index (χ3v) is 3.63. The lowest BCUT2D eigenvalue weighted by atomic mass is 9.89. The SMILES string of the molecule is Cc1cncc(C2=CCC(c3cncc(C)c3)C=C2)c1. The van der Waals surface area contributed by atoms with E-state index in [1.807, 2.05) is 24.8 Å². The van der Waals surface area contributed by atoms with Gasteiger partial charge in [-0.1, -0.05) is 24.3 Å². The molecule has 0 aromatic carbocycles. The van der Waals surface area contributed by atoms with E-state index in [9.17, 15) is 0 Å². The molecule has 0 N–H and O–H groups in total. The minimum absolute atomic E-state index is 0.434. The fraction of sp³-hybridized carbons (Fsp3) is 0.222. The van der Waals surface area contributed by atoms with Crippen LogP contribution in [0.15, 0.2) is 55.1 Å². The number of rotatable bonds is 2. The Morgan fingerprint density at radius 3 is 2.35 bits per heavy atom. The summed E-state index contributed by atoms with van der Waals surface area (Å²) in [5, 5.41) is 0. The van der Waals surface area contributed by atoms with Crippen LogP contribution in [-0.2, 0) is 0 Å². The molecule has 2 heteroatoms. The largest absolute Gasteiger partial charge is 0.264 e. The van der Waals surface area contributed by atoms with E-state index in [-0.39, 0.29) is 0 Å². The van der Waals surface area contributed by atoms with Crippen molar-refractivity contribution in [3.63, 3.8) is 0 Å². The highest BCUT2D eigenvalue weighted by atomic mass is 14.6. The molecular weight excluding hydrogens is 244 g/mol. The average molecular weight is 262 g/mol. The van der Waals surface area contributed by atoms with Gasteiger partial charge < -0.3 is 0 Å². The van der Waals surface area contributed by atoms with Gasteiger partial charge in [0.05, 0.1) is 0 Å². The summed E-state index contributed by atoms with van der Waals surface area (Å²) in [6.45, 7) is 4.16. The minimum atomic E-state index is 0.434. The Morgan fingerprint density at radius 2 is 1.70 bits per heavy atom. The molecule has 0 bridgehead atoms. The van der Waals surface area contributed by atoms with Crippen molar-refractivity contribution >= 4 is 5.57 Å². The second kappa shape index (κ2) is 5.41. The van der Waals surface area contributed by atoms with Gasteiger partial charge in [-0.05, 0) is 54.2 Å². The molecule has 1 unspecified atom stereocenters. The standard InChI is InChI=1S/C18H18N2/c1-13-7-17(11-19-9-13)15-3-5-16(6-4-15)18-8-14(2)10-20-12-18/h3-5,7-12,16H,6H2,1-2H3. The predicted molar refractivity (Wildman–Crippen MR) is 82.4 cm³/mol. The van der Waals surface area contributed by atoms with Crippen molar-refractivity contribution in [2.24, 2.45) is 0 Å². The molecule has 2 aromatic rings. The highest BCUT2D eigenvalue weighted by molar-refractivity contribution is 5.75. The summed E-state index contributed by atoms with van der Waals surface area (Å²) in [7, 11) is 0. The number of pyridine rings is 2. The fourth-order valence-electron chi connectivity index (χ4n) is 2.58. The summed E-state index contributed by atoms with van der Waals surface area (Å²) < 4.78 is 0. The summed E-state index contributed by atoms with van der Waals surface area (Å²) in [6.07, 6.45) is 15.5. The first-order chi connectivity index (χ1) is 9.72. The fourth-order valence-corrected chi connectivity index (χ4v) is 2.58. The second-order valence-corrected chi connectivity index (χ2v) is 5.41. The molecule has 0 amide bonds. The van der Waals surface area contributed by atoms with E-state index in [1.165, 1.54) is 27.8 Å². The smallest absolute Gasteiger partial charge is 0.0346 e. The Hall–Kier alpha value is -2.22. The van der Waals surface area contributed by atoms with Crippen molar-refractivity contribution in [2.45, 2.75) is 26.2 Å². The zero-order chi connectivity index (χ0) is 13.9. The first kappa shape index (κ1) is 12.8. The molecule has 20 heavy (non-hydrogen) atoms. The Kier molecular flexibility index (Phi) is 3.46. The third kappa shape index (κ3) is 2.69. The van der Waals surface area contributed by atoms with E-state index < -0.39 is 0 Å². The molecule has 1 aliphatic carbocycles. The highest BCUT2D eigenvalue weighted by Gasteiger charge is 2.12. The number of aryl methyl sites for hydroxylation is 2. The molecule has 2 nitrogen and oxygen atoms in total. The molecule has 0 spiro atoms. The lowest BCUT2D eigenvalue weighted by Gasteiger charge is -2.17. The minimum Gasteiger partial charge on any atom is -0.264 e. The van der Waals surface area contributed by atoms with Crippen LogP contribution in [0.25, 0.3) is 5.57 Å². The molecule has 0 radical (unpaired) electrons. The number of allylic oxidation sites excluding steroid dienone is 4. The van der Waals surface area contributed by atoms with Gasteiger partial charge in [-0.2, -0.15) is 0 Å². The summed E-state index contributed by atoms with van der Waals surface area (Å²) in [6, 6.07) is 4.40. The van der Waals surface area contributed by atoms with Gasteiger partial charge in [-0.15, -0.1) is 0 Å². The van der Waals surface area contributed by atoms with Crippen LogP contribution in [0.1, 0.15) is 34.6 Å². The number of hydrogen-bond donors (Lipinski definition) is 0. The Morgan fingerprint density at radius 1 is 0.950 bits per heavy atom. The van der Waals surface area contributed by atoms with E-state index >= 15 is 0 Å². The van der Waals surface area contributed by atoms with Gasteiger partial charge in [0.15, 0.2) is 0 Å². The third-order valence-electron chi connectivity index (χ3n) is 3.63. The lowest BCUT2D eigenvalue weighted by Crippen LogP contribution is -2.00. The Labute approximate surface area is 119 Å². The first-order valence-corrected chi connectivity index (χ1v) is 6.94. The Balaban J connectivity index is 1.81. The van der Waals surface area contributed by atoms with Crippen LogP contribution in [0.4, 0.5) is 0 Å². The molecule has 0 fully saturated rings. The van der Waals surface area contributed by atoms with E-state index in [1.54, 1.807) is 0 Å². The van der Waals surface area contributed by atoms with Gasteiger partial charge in [-0.3, -0.25) is 9.97 Å². The van der Waals surface area contributed by atoms with Gasteiger partial charge in [0, 0.05) is 30.7 Å². The maximum atomic E-state index is 4.28. The van der Waals surface area contributed by atoms with Crippen molar-refractivity contribution in [1.82, 2.24) is 9.97 Å². The van der Waals surface area contributed by atoms with Crippen molar-refractivity contribution < 1.29 is 0 Å². The molecule has 2 heterocycles. The van der Waals surface area contributed by atoms with Crippen LogP contribution in [0.3, 0.4) is 0 Å². The topological polar surface area (TPSA) is 25.8 Å². The predicted octanol–water partition coefficient (Wildman–Crippen LogP) is 4.22. The molecule has 0 saturated heterocycles. The van der Waals surface area contributed by atoms with Gasteiger partial charge in [0.1, 0.15) is 0 Å². The molecule has 3 rings (SSSR count). The summed E-state index contributed by atoms with van der Waals surface area (Å²) in [5.41, 5.74) is 6.16. The monoisotopic (exact) mass is 262 g/mol. The van der Waals surface area contributed by atoms with Gasteiger partial charge >= 0.3 is 0 Å². The molecule has 0 aliphatic heterocycles. The van der Waals surface area contributed by atoms with E-state index in [0.29, 0.717) is 5.92 Å². The van der Waals surface area contributed by atoms with Crippen molar-refractivity contribution in [2.75, 3.05) is 0 Å². The van der Waals surface area contributed by atoms with Gasteiger partial charge in [-0.25, -0.2) is 0 Å². The molecule has 1 aliphatic rings. The number of nitrogens with zero attached hydrogens (tertiary/aromatic N) is 2. The highest BCUT2D eigenvalue weighted by Crippen LogP contribution is 2.30. The average Bonchev–Trinajstić information content (AvgIpc) is 2.47. The number of aromatic nitrogens is 2. The zero-order valence-corrected chi connectivity index (χ0v) is 11.9. The van der Waals surface area contributed by atoms with E-state index in [0.717, 1.165) is 6.42 Å². The van der Waals surface area contributed by atoms with Crippen molar-refractivity contribution in [3.05, 3.63) is 77.4 Å². The van der Waals surface area contributed by atoms with Gasteiger partial charge in [0.2, 0.25) is 0 Å².